The molecule has 1 N–H and O–H groups in total. The maximum atomic E-state index is 9.06. The van der Waals surface area contributed by atoms with Gasteiger partial charge in [-0.2, -0.15) is 5.06 Å². The summed E-state index contributed by atoms with van der Waals surface area (Å²) < 4.78 is 0. The van der Waals surface area contributed by atoms with Gasteiger partial charge in [0.05, 0.1) is 7.11 Å². The van der Waals surface area contributed by atoms with Crippen molar-refractivity contribution < 1.29 is 9.94 Å². The summed E-state index contributed by atoms with van der Waals surface area (Å²) in [5.41, 5.74) is 2.98. The van der Waals surface area contributed by atoms with E-state index in [-0.39, 0.29) is 6.61 Å². The molecular formula is C26H31NO2. The first-order chi connectivity index (χ1) is 14.3. The Hall–Kier alpha value is -2.46. The normalized spacial score (nSPS) is 11.7. The summed E-state index contributed by atoms with van der Waals surface area (Å²) in [4.78, 5) is 6.07. The molecule has 3 rings (SSSR count). The third-order valence-electron chi connectivity index (χ3n) is 5.44. The molecule has 0 aliphatic heterocycles. The zero-order valence-electron chi connectivity index (χ0n) is 17.2. The van der Waals surface area contributed by atoms with Crippen LogP contribution in [0.2, 0.25) is 0 Å². The van der Waals surface area contributed by atoms with E-state index in [1.807, 2.05) is 0 Å². The van der Waals surface area contributed by atoms with Crippen LogP contribution in [0.4, 0.5) is 0 Å². The number of hydroxylamine groups is 2. The number of hydrogen-bond donors (Lipinski definition) is 1. The second-order valence-electron chi connectivity index (χ2n) is 7.23. The minimum atomic E-state index is -0.546. The van der Waals surface area contributed by atoms with E-state index in [0.717, 1.165) is 32.2 Å². The summed E-state index contributed by atoms with van der Waals surface area (Å²) in [6.45, 7) is 1.05. The molecule has 0 amide bonds. The van der Waals surface area contributed by atoms with Gasteiger partial charge >= 0.3 is 0 Å². The van der Waals surface area contributed by atoms with Crippen LogP contribution >= 0.6 is 0 Å². The molecule has 3 nitrogen and oxygen atoms in total. The molecule has 152 valence electrons. The van der Waals surface area contributed by atoms with Crippen molar-refractivity contribution in [3.05, 3.63) is 108 Å². The quantitative estimate of drug-likeness (QED) is 0.271. The van der Waals surface area contributed by atoms with E-state index in [2.05, 4.69) is 96.1 Å². The van der Waals surface area contributed by atoms with E-state index in [0.29, 0.717) is 0 Å². The Kier molecular flexibility index (Phi) is 8.00. The largest absolute Gasteiger partial charge is 0.396 e. The number of unbranched alkanes of at least 4 members (excludes halogenated alkanes) is 3. The standard InChI is InChI=1S/C26H31NO2/c1-29-27(21-13-2-3-14-22-28)26(23-15-7-4-8-16-23,24-17-9-5-10-18-24)25-19-11-6-12-20-25/h4-12,15-20,28H,2-3,13-14,21-22H2,1H3. The lowest BCUT2D eigenvalue weighted by Gasteiger charge is -2.44. The fourth-order valence-electron chi connectivity index (χ4n) is 4.09. The fraction of sp³-hybridized carbons (Fsp3) is 0.308. The maximum absolute atomic E-state index is 9.06. The van der Waals surface area contributed by atoms with Crippen LogP contribution < -0.4 is 0 Å². The molecule has 0 radical (unpaired) electrons. The molecule has 3 heteroatoms. The Labute approximate surface area is 174 Å². The van der Waals surface area contributed by atoms with Crippen LogP contribution in [-0.4, -0.2) is 30.4 Å². The Morgan fingerprint density at radius 2 is 1.07 bits per heavy atom. The van der Waals surface area contributed by atoms with Gasteiger partial charge in [0.15, 0.2) is 0 Å². The van der Waals surface area contributed by atoms with Crippen LogP contribution in [-0.2, 0) is 10.4 Å². The van der Waals surface area contributed by atoms with Crippen molar-refractivity contribution in [3.8, 4) is 0 Å². The third kappa shape index (κ3) is 4.76. The smallest absolute Gasteiger partial charge is 0.121 e. The van der Waals surface area contributed by atoms with Crippen molar-refractivity contribution in [1.82, 2.24) is 5.06 Å². The van der Waals surface area contributed by atoms with E-state index in [4.69, 9.17) is 9.94 Å². The molecule has 3 aromatic carbocycles. The lowest BCUT2D eigenvalue weighted by molar-refractivity contribution is -0.182. The average Bonchev–Trinajstić information content (AvgIpc) is 2.80. The van der Waals surface area contributed by atoms with Crippen LogP contribution in [0.25, 0.3) is 0 Å². The summed E-state index contributed by atoms with van der Waals surface area (Å²) >= 11 is 0. The summed E-state index contributed by atoms with van der Waals surface area (Å²) in [6, 6.07) is 31.8. The molecular weight excluding hydrogens is 358 g/mol. The summed E-state index contributed by atoms with van der Waals surface area (Å²) in [6.07, 6.45) is 3.95. The van der Waals surface area contributed by atoms with E-state index in [1.54, 1.807) is 7.11 Å². The van der Waals surface area contributed by atoms with Gasteiger partial charge in [-0.25, -0.2) is 0 Å². The molecule has 0 atom stereocenters. The Morgan fingerprint density at radius 1 is 0.655 bits per heavy atom. The van der Waals surface area contributed by atoms with Gasteiger partial charge in [0, 0.05) is 13.2 Å². The number of hydrogen-bond acceptors (Lipinski definition) is 3. The Bertz CT molecular complexity index is 724. The second kappa shape index (κ2) is 10.9. The van der Waals surface area contributed by atoms with Gasteiger partial charge in [-0.1, -0.05) is 104 Å². The minimum Gasteiger partial charge on any atom is -0.396 e. The van der Waals surface area contributed by atoms with Gasteiger partial charge < -0.3 is 9.94 Å². The number of aliphatic hydroxyl groups is 1. The molecule has 0 bridgehead atoms. The highest BCUT2D eigenvalue weighted by atomic mass is 16.7. The van der Waals surface area contributed by atoms with Crippen molar-refractivity contribution >= 4 is 0 Å². The summed E-state index contributed by atoms with van der Waals surface area (Å²) in [5, 5.41) is 11.2. The monoisotopic (exact) mass is 389 g/mol. The molecule has 0 saturated heterocycles. The maximum Gasteiger partial charge on any atom is 0.121 e. The highest BCUT2D eigenvalue weighted by Crippen LogP contribution is 2.42. The number of rotatable bonds is 11. The Morgan fingerprint density at radius 3 is 1.45 bits per heavy atom. The van der Waals surface area contributed by atoms with Gasteiger partial charge in [0.25, 0.3) is 0 Å². The van der Waals surface area contributed by atoms with Crippen molar-refractivity contribution in [2.45, 2.75) is 31.2 Å². The van der Waals surface area contributed by atoms with Gasteiger partial charge in [-0.05, 0) is 29.5 Å². The highest BCUT2D eigenvalue weighted by Gasteiger charge is 2.42. The van der Waals surface area contributed by atoms with E-state index >= 15 is 0 Å². The second-order valence-corrected chi connectivity index (χ2v) is 7.23. The molecule has 0 aromatic heterocycles. The first kappa shape index (κ1) is 21.3. The van der Waals surface area contributed by atoms with Crippen molar-refractivity contribution in [2.75, 3.05) is 20.3 Å². The molecule has 0 fully saturated rings. The first-order valence-corrected chi connectivity index (χ1v) is 10.4. The van der Waals surface area contributed by atoms with Crippen LogP contribution in [0.3, 0.4) is 0 Å². The van der Waals surface area contributed by atoms with Crippen molar-refractivity contribution in [2.24, 2.45) is 0 Å². The minimum absolute atomic E-state index is 0.260. The number of benzene rings is 3. The van der Waals surface area contributed by atoms with Gasteiger partial charge in [-0.3, -0.25) is 0 Å². The van der Waals surface area contributed by atoms with Gasteiger partial charge in [0.1, 0.15) is 5.54 Å². The SMILES string of the molecule is CON(CCCCCCO)C(c1ccccc1)(c1ccccc1)c1ccccc1. The fourth-order valence-corrected chi connectivity index (χ4v) is 4.09. The van der Waals surface area contributed by atoms with E-state index in [1.165, 1.54) is 16.7 Å². The average molecular weight is 390 g/mol. The predicted molar refractivity (Wildman–Crippen MR) is 118 cm³/mol. The van der Waals surface area contributed by atoms with Gasteiger partial charge in [0.2, 0.25) is 0 Å². The van der Waals surface area contributed by atoms with Crippen LogP contribution in [0, 0.1) is 0 Å². The lowest BCUT2D eigenvalue weighted by atomic mass is 9.76. The Balaban J connectivity index is 2.11. The lowest BCUT2D eigenvalue weighted by Crippen LogP contribution is -2.48. The molecule has 0 aliphatic rings. The molecule has 0 spiro atoms. The van der Waals surface area contributed by atoms with Gasteiger partial charge in [-0.15, -0.1) is 0 Å². The third-order valence-corrected chi connectivity index (χ3v) is 5.44. The zero-order valence-corrected chi connectivity index (χ0v) is 17.2. The van der Waals surface area contributed by atoms with Crippen molar-refractivity contribution in [3.63, 3.8) is 0 Å². The first-order valence-electron chi connectivity index (χ1n) is 10.4. The van der Waals surface area contributed by atoms with Crippen LogP contribution in [0.5, 0.6) is 0 Å². The highest BCUT2D eigenvalue weighted by molar-refractivity contribution is 5.49. The van der Waals surface area contributed by atoms with E-state index < -0.39 is 5.54 Å². The number of aliphatic hydroxyl groups excluding tert-OH is 1. The van der Waals surface area contributed by atoms with E-state index in [9.17, 15) is 0 Å². The summed E-state index contributed by atoms with van der Waals surface area (Å²) in [7, 11) is 1.76. The molecule has 3 aromatic rings. The summed E-state index contributed by atoms with van der Waals surface area (Å²) in [5.74, 6) is 0. The topological polar surface area (TPSA) is 32.7 Å². The van der Waals surface area contributed by atoms with Crippen molar-refractivity contribution in [1.29, 1.82) is 0 Å². The number of nitrogens with zero attached hydrogens (tertiary/aromatic N) is 1. The predicted octanol–water partition coefficient (Wildman–Crippen LogP) is 5.39. The molecule has 0 unspecified atom stereocenters. The molecule has 0 heterocycles. The van der Waals surface area contributed by atoms with Crippen LogP contribution in [0.1, 0.15) is 42.4 Å². The molecule has 0 aliphatic carbocycles. The molecule has 29 heavy (non-hydrogen) atoms. The zero-order chi connectivity index (χ0) is 20.4. The van der Waals surface area contributed by atoms with Crippen LogP contribution in [0.15, 0.2) is 91.0 Å². The molecule has 0 saturated carbocycles.